The van der Waals surface area contributed by atoms with Gasteiger partial charge < -0.3 is 15.3 Å². The third-order valence-electron chi connectivity index (χ3n) is 2.89. The Morgan fingerprint density at radius 3 is 2.94 bits per heavy atom. The van der Waals surface area contributed by atoms with Crippen LogP contribution >= 0.6 is 0 Å². The highest BCUT2D eigenvalue weighted by Gasteiger charge is 2.30. The molecular weight excluding hydrogens is 230 g/mol. The number of aliphatic hydroxyl groups excluding tert-OH is 1. The van der Waals surface area contributed by atoms with Gasteiger partial charge in [-0.1, -0.05) is 0 Å². The average molecular weight is 245 g/mol. The van der Waals surface area contributed by atoms with Gasteiger partial charge in [0.25, 0.3) is 0 Å². The summed E-state index contributed by atoms with van der Waals surface area (Å²) in [5, 5.41) is 21.6. The predicted octanol–water partition coefficient (Wildman–Crippen LogP) is 1.09. The number of carbonyl (C=O) groups excluding carboxylic acids is 1. The maximum Gasteiger partial charge on any atom is 0.229 e. The van der Waals surface area contributed by atoms with Crippen LogP contribution in [0.25, 0.3) is 0 Å². The molecule has 2 rings (SSSR count). The summed E-state index contributed by atoms with van der Waals surface area (Å²) < 4.78 is 0. The van der Waals surface area contributed by atoms with Crippen molar-refractivity contribution in [3.63, 3.8) is 0 Å². The quantitative estimate of drug-likeness (QED) is 0.835. The van der Waals surface area contributed by atoms with Gasteiger partial charge in [0.2, 0.25) is 5.91 Å². The first-order valence-electron chi connectivity index (χ1n) is 5.92. The number of aliphatic hydroxyl groups is 1. The molecule has 0 aliphatic carbocycles. The standard InChI is InChI=1S/C13H15N3O2/c1-2-15-11-4-3-9(7-14)5-12(11)16-8-10(17)6-13(16)18/h3-5,10,15,17H,2,6,8H2,1H3. The Morgan fingerprint density at radius 1 is 1.61 bits per heavy atom. The molecule has 1 aliphatic rings. The molecule has 0 radical (unpaired) electrons. The van der Waals surface area contributed by atoms with Crippen molar-refractivity contribution in [2.45, 2.75) is 19.4 Å². The Labute approximate surface area is 106 Å². The molecule has 18 heavy (non-hydrogen) atoms. The van der Waals surface area contributed by atoms with Gasteiger partial charge >= 0.3 is 0 Å². The van der Waals surface area contributed by atoms with Crippen LogP contribution < -0.4 is 10.2 Å². The second kappa shape index (κ2) is 5.07. The molecule has 1 atom stereocenters. The lowest BCUT2D eigenvalue weighted by molar-refractivity contribution is -0.117. The summed E-state index contributed by atoms with van der Waals surface area (Å²) in [6.45, 7) is 2.97. The first kappa shape index (κ1) is 12.4. The fourth-order valence-corrected chi connectivity index (χ4v) is 2.09. The van der Waals surface area contributed by atoms with Crippen molar-refractivity contribution in [1.29, 1.82) is 5.26 Å². The summed E-state index contributed by atoms with van der Waals surface area (Å²) >= 11 is 0. The Kier molecular flexibility index (Phi) is 3.49. The molecule has 1 heterocycles. The van der Waals surface area contributed by atoms with Crippen molar-refractivity contribution in [1.82, 2.24) is 0 Å². The zero-order valence-electron chi connectivity index (χ0n) is 10.2. The number of nitriles is 1. The van der Waals surface area contributed by atoms with E-state index in [-0.39, 0.29) is 18.9 Å². The number of hydrogen-bond acceptors (Lipinski definition) is 4. The molecule has 0 aromatic heterocycles. The molecule has 2 N–H and O–H groups in total. The van der Waals surface area contributed by atoms with Crippen LogP contribution in [0.4, 0.5) is 11.4 Å². The number of nitrogens with zero attached hydrogens (tertiary/aromatic N) is 2. The first-order valence-corrected chi connectivity index (χ1v) is 5.92. The second-order valence-electron chi connectivity index (χ2n) is 4.24. The smallest absolute Gasteiger partial charge is 0.229 e. The number of anilines is 2. The molecule has 1 amide bonds. The maximum absolute atomic E-state index is 11.8. The molecule has 0 spiro atoms. The summed E-state index contributed by atoms with van der Waals surface area (Å²) in [5.41, 5.74) is 1.97. The third kappa shape index (κ3) is 2.29. The number of benzene rings is 1. The highest BCUT2D eigenvalue weighted by atomic mass is 16.3. The summed E-state index contributed by atoms with van der Waals surface area (Å²) in [7, 11) is 0. The van der Waals surface area contributed by atoms with E-state index in [0.717, 1.165) is 12.2 Å². The lowest BCUT2D eigenvalue weighted by Gasteiger charge is -2.20. The Bertz CT molecular complexity index is 507. The predicted molar refractivity (Wildman–Crippen MR) is 68.3 cm³/mol. The van der Waals surface area contributed by atoms with Crippen LogP contribution in [-0.2, 0) is 4.79 Å². The van der Waals surface area contributed by atoms with E-state index in [1.54, 1.807) is 18.2 Å². The molecule has 0 bridgehead atoms. The number of rotatable bonds is 3. The minimum absolute atomic E-state index is 0.114. The fraction of sp³-hybridized carbons (Fsp3) is 0.385. The lowest BCUT2D eigenvalue weighted by atomic mass is 10.1. The van der Waals surface area contributed by atoms with Crippen LogP contribution in [0.3, 0.4) is 0 Å². The average Bonchev–Trinajstić information content (AvgIpc) is 2.69. The summed E-state index contributed by atoms with van der Waals surface area (Å²) in [4.78, 5) is 13.3. The van der Waals surface area contributed by atoms with Gasteiger partial charge in [-0.25, -0.2) is 0 Å². The molecule has 1 unspecified atom stereocenters. The van der Waals surface area contributed by atoms with Crippen molar-refractivity contribution in [3.8, 4) is 6.07 Å². The van der Waals surface area contributed by atoms with Crippen molar-refractivity contribution < 1.29 is 9.90 Å². The zero-order valence-corrected chi connectivity index (χ0v) is 10.2. The number of carbonyl (C=O) groups is 1. The Balaban J connectivity index is 2.40. The molecule has 5 nitrogen and oxygen atoms in total. The van der Waals surface area contributed by atoms with Crippen molar-refractivity contribution in [3.05, 3.63) is 23.8 Å². The molecule has 94 valence electrons. The molecule has 1 fully saturated rings. The van der Waals surface area contributed by atoms with Crippen molar-refractivity contribution in [2.75, 3.05) is 23.3 Å². The number of nitrogens with one attached hydrogen (secondary N) is 1. The first-order chi connectivity index (χ1) is 8.65. The highest BCUT2D eigenvalue weighted by molar-refractivity contribution is 5.99. The van der Waals surface area contributed by atoms with Gasteiger partial charge in [0.15, 0.2) is 0 Å². The minimum Gasteiger partial charge on any atom is -0.391 e. The molecule has 0 saturated carbocycles. The zero-order chi connectivity index (χ0) is 13.1. The highest BCUT2D eigenvalue weighted by Crippen LogP contribution is 2.30. The lowest BCUT2D eigenvalue weighted by Crippen LogP contribution is -2.26. The van der Waals surface area contributed by atoms with Gasteiger partial charge in [0.05, 0.1) is 42.1 Å². The third-order valence-corrected chi connectivity index (χ3v) is 2.89. The molecule has 1 saturated heterocycles. The Hall–Kier alpha value is -2.06. The topological polar surface area (TPSA) is 76.4 Å². The van der Waals surface area contributed by atoms with E-state index < -0.39 is 6.10 Å². The number of β-amino-alcohol motifs (C(OH)–C–C–N with tert-alkyl or cyclic N) is 1. The summed E-state index contributed by atoms with van der Waals surface area (Å²) in [6.07, 6.45) is -0.486. The normalized spacial score (nSPS) is 18.8. The molecule has 1 aromatic rings. The van der Waals surface area contributed by atoms with E-state index in [0.29, 0.717) is 11.3 Å². The Morgan fingerprint density at radius 2 is 2.39 bits per heavy atom. The van der Waals surface area contributed by atoms with E-state index >= 15 is 0 Å². The molecule has 1 aliphatic heterocycles. The van der Waals surface area contributed by atoms with Crippen LogP contribution in [0.1, 0.15) is 18.9 Å². The minimum atomic E-state index is -0.627. The van der Waals surface area contributed by atoms with E-state index in [1.165, 1.54) is 4.90 Å². The molecule has 5 heteroatoms. The SMILES string of the molecule is CCNc1ccc(C#N)cc1N1CC(O)CC1=O. The summed E-state index contributed by atoms with van der Waals surface area (Å²) in [5.74, 6) is -0.114. The van der Waals surface area contributed by atoms with Gasteiger partial charge in [0, 0.05) is 6.54 Å². The van der Waals surface area contributed by atoms with Gasteiger partial charge in [-0.3, -0.25) is 4.79 Å². The van der Waals surface area contributed by atoms with E-state index in [4.69, 9.17) is 5.26 Å². The van der Waals surface area contributed by atoms with Crippen LogP contribution in [0, 0.1) is 11.3 Å². The fourth-order valence-electron chi connectivity index (χ4n) is 2.09. The van der Waals surface area contributed by atoms with Gasteiger partial charge in [0.1, 0.15) is 0 Å². The van der Waals surface area contributed by atoms with Crippen molar-refractivity contribution >= 4 is 17.3 Å². The summed E-state index contributed by atoms with van der Waals surface area (Å²) in [6, 6.07) is 7.23. The van der Waals surface area contributed by atoms with E-state index in [1.807, 2.05) is 6.92 Å². The van der Waals surface area contributed by atoms with Crippen molar-refractivity contribution in [2.24, 2.45) is 0 Å². The number of amides is 1. The second-order valence-corrected chi connectivity index (χ2v) is 4.24. The monoisotopic (exact) mass is 245 g/mol. The molecule has 1 aromatic carbocycles. The van der Waals surface area contributed by atoms with Crippen LogP contribution in [0.2, 0.25) is 0 Å². The maximum atomic E-state index is 11.8. The van der Waals surface area contributed by atoms with E-state index in [9.17, 15) is 9.90 Å². The largest absolute Gasteiger partial charge is 0.391 e. The van der Waals surface area contributed by atoms with Gasteiger partial charge in [-0.2, -0.15) is 5.26 Å². The van der Waals surface area contributed by atoms with E-state index in [2.05, 4.69) is 11.4 Å². The number of hydrogen-bond donors (Lipinski definition) is 2. The van der Waals surface area contributed by atoms with Gasteiger partial charge in [-0.05, 0) is 25.1 Å². The van der Waals surface area contributed by atoms with Gasteiger partial charge in [-0.15, -0.1) is 0 Å². The van der Waals surface area contributed by atoms with Crippen LogP contribution in [0.15, 0.2) is 18.2 Å². The van der Waals surface area contributed by atoms with Crippen LogP contribution in [-0.4, -0.2) is 30.2 Å². The molecular formula is C13H15N3O2. The van der Waals surface area contributed by atoms with Crippen LogP contribution in [0.5, 0.6) is 0 Å².